The first-order chi connectivity index (χ1) is 14.3. The quantitative estimate of drug-likeness (QED) is 0.513. The van der Waals surface area contributed by atoms with Crippen molar-refractivity contribution in [1.29, 1.82) is 0 Å². The van der Waals surface area contributed by atoms with Gasteiger partial charge in [0.25, 0.3) is 0 Å². The molecule has 1 aromatic heterocycles. The Morgan fingerprint density at radius 2 is 1.38 bits per heavy atom. The Hall–Kier alpha value is -3.79. The van der Waals surface area contributed by atoms with Crippen molar-refractivity contribution in [3.63, 3.8) is 0 Å². The molecule has 1 amide bonds. The van der Waals surface area contributed by atoms with Gasteiger partial charge in [-0.2, -0.15) is 0 Å². The van der Waals surface area contributed by atoms with Crippen LogP contribution >= 0.6 is 0 Å². The molecule has 0 saturated carbocycles. The van der Waals surface area contributed by atoms with E-state index in [1.807, 2.05) is 91.0 Å². The van der Waals surface area contributed by atoms with Gasteiger partial charge in [-0.3, -0.25) is 4.79 Å². The maximum Gasteiger partial charge on any atom is 0.233 e. The van der Waals surface area contributed by atoms with Crippen LogP contribution < -0.4 is 10.1 Å². The lowest BCUT2D eigenvalue weighted by atomic mass is 9.87. The zero-order valence-corrected chi connectivity index (χ0v) is 15.6. The molecule has 0 radical (unpaired) electrons. The van der Waals surface area contributed by atoms with Gasteiger partial charge in [-0.1, -0.05) is 66.7 Å². The lowest BCUT2D eigenvalue weighted by Gasteiger charge is -2.29. The van der Waals surface area contributed by atoms with Crippen molar-refractivity contribution in [2.75, 3.05) is 0 Å². The van der Waals surface area contributed by atoms with Crippen LogP contribution in [0.15, 0.2) is 102 Å². The molecule has 0 spiro atoms. The molecular formula is C25H19NO3. The monoisotopic (exact) mass is 381 g/mol. The molecule has 0 bridgehead atoms. The summed E-state index contributed by atoms with van der Waals surface area (Å²) in [6.07, 6.45) is 1.62. The van der Waals surface area contributed by atoms with E-state index in [2.05, 4.69) is 5.32 Å². The molecule has 142 valence electrons. The molecular weight excluding hydrogens is 362 g/mol. The Balaban J connectivity index is 1.55. The number of rotatable bonds is 4. The highest BCUT2D eigenvalue weighted by atomic mass is 16.5. The van der Waals surface area contributed by atoms with Gasteiger partial charge in [0.2, 0.25) is 5.91 Å². The normalized spacial score (nSPS) is 13.7. The summed E-state index contributed by atoms with van der Waals surface area (Å²) in [5, 5.41) is 3.20. The number of hydrogen-bond donors (Lipinski definition) is 1. The summed E-state index contributed by atoms with van der Waals surface area (Å²) in [5.41, 5.74) is 2.68. The summed E-state index contributed by atoms with van der Waals surface area (Å²) in [6.45, 7) is 0. The molecule has 0 unspecified atom stereocenters. The van der Waals surface area contributed by atoms with Gasteiger partial charge in [-0.25, -0.2) is 0 Å². The average Bonchev–Trinajstić information content (AvgIpc) is 3.31. The van der Waals surface area contributed by atoms with Crippen molar-refractivity contribution in [3.8, 4) is 11.5 Å². The Morgan fingerprint density at radius 3 is 2.00 bits per heavy atom. The molecule has 2 heterocycles. The number of furan rings is 1. The van der Waals surface area contributed by atoms with E-state index in [9.17, 15) is 4.79 Å². The van der Waals surface area contributed by atoms with Crippen LogP contribution in [0, 0.1) is 0 Å². The Morgan fingerprint density at radius 1 is 0.759 bits per heavy atom. The third-order valence-electron chi connectivity index (χ3n) is 5.19. The molecule has 1 aliphatic rings. The van der Waals surface area contributed by atoms with Gasteiger partial charge >= 0.3 is 0 Å². The average molecular weight is 381 g/mol. The number of fused-ring (bicyclic) bond motifs is 2. The van der Waals surface area contributed by atoms with E-state index in [1.54, 1.807) is 6.26 Å². The van der Waals surface area contributed by atoms with E-state index in [-0.39, 0.29) is 11.9 Å². The highest BCUT2D eigenvalue weighted by molar-refractivity contribution is 5.90. The number of nitrogens with one attached hydrogen (secondary N) is 1. The summed E-state index contributed by atoms with van der Waals surface area (Å²) in [5.74, 6) is 1.55. The van der Waals surface area contributed by atoms with Gasteiger partial charge in [0, 0.05) is 11.1 Å². The van der Waals surface area contributed by atoms with Crippen molar-refractivity contribution in [1.82, 2.24) is 5.32 Å². The molecule has 4 nitrogen and oxygen atoms in total. The zero-order valence-electron chi connectivity index (χ0n) is 15.6. The molecule has 1 N–H and O–H groups in total. The second kappa shape index (κ2) is 7.32. The van der Waals surface area contributed by atoms with Gasteiger partial charge < -0.3 is 14.5 Å². The number of carbonyl (C=O) groups excluding carboxylic acids is 1. The van der Waals surface area contributed by atoms with Gasteiger partial charge in [-0.05, 0) is 29.8 Å². The highest BCUT2D eigenvalue weighted by Gasteiger charge is 2.34. The first kappa shape index (κ1) is 17.3. The fourth-order valence-electron chi connectivity index (χ4n) is 3.84. The van der Waals surface area contributed by atoms with Crippen molar-refractivity contribution in [3.05, 3.63) is 120 Å². The van der Waals surface area contributed by atoms with Crippen LogP contribution in [0.2, 0.25) is 0 Å². The van der Waals surface area contributed by atoms with Crippen LogP contribution in [-0.2, 0) is 4.79 Å². The Labute approximate surface area is 168 Å². The number of benzene rings is 3. The van der Waals surface area contributed by atoms with E-state index >= 15 is 0 Å². The predicted molar refractivity (Wildman–Crippen MR) is 110 cm³/mol. The molecule has 1 aliphatic heterocycles. The molecule has 5 rings (SSSR count). The number of carbonyl (C=O) groups is 1. The van der Waals surface area contributed by atoms with Crippen LogP contribution in [0.25, 0.3) is 0 Å². The van der Waals surface area contributed by atoms with E-state index in [4.69, 9.17) is 9.15 Å². The van der Waals surface area contributed by atoms with Crippen LogP contribution in [0.1, 0.15) is 34.4 Å². The van der Waals surface area contributed by atoms with Crippen LogP contribution in [0.5, 0.6) is 11.5 Å². The fraction of sp³-hybridized carbons (Fsp3) is 0.0800. The standard InChI is InChI=1S/C25H19NO3/c27-25(26-24(22-15-8-16-28-22)17-9-2-1-3-10-17)23-18-11-4-6-13-20(18)29-21-14-7-5-12-19(21)23/h1-16,23-24H,(H,26,27)/t24-/m0/s1. The summed E-state index contributed by atoms with van der Waals surface area (Å²) < 4.78 is 11.7. The molecule has 4 heteroatoms. The highest BCUT2D eigenvalue weighted by Crippen LogP contribution is 2.44. The van der Waals surface area contributed by atoms with Gasteiger partial charge in [0.05, 0.1) is 12.2 Å². The number of ether oxygens (including phenoxy) is 1. The Bertz CT molecular complexity index is 1090. The molecule has 29 heavy (non-hydrogen) atoms. The smallest absolute Gasteiger partial charge is 0.233 e. The fourth-order valence-corrected chi connectivity index (χ4v) is 3.84. The largest absolute Gasteiger partial charge is 0.467 e. The summed E-state index contributed by atoms with van der Waals surface area (Å²) >= 11 is 0. The van der Waals surface area contributed by atoms with Crippen molar-refractivity contribution < 1.29 is 13.9 Å². The minimum absolute atomic E-state index is 0.0987. The second-order valence-corrected chi connectivity index (χ2v) is 6.98. The summed E-state index contributed by atoms with van der Waals surface area (Å²) in [4.78, 5) is 13.6. The van der Waals surface area contributed by atoms with Crippen LogP contribution in [0.3, 0.4) is 0 Å². The first-order valence-electron chi connectivity index (χ1n) is 9.55. The van der Waals surface area contributed by atoms with E-state index in [0.29, 0.717) is 17.3 Å². The third-order valence-corrected chi connectivity index (χ3v) is 5.19. The Kier molecular flexibility index (Phi) is 4.37. The number of para-hydroxylation sites is 2. The molecule has 0 saturated heterocycles. The SMILES string of the molecule is O=C(N[C@@H](c1ccccc1)c1ccco1)C1c2ccccc2Oc2ccccc21. The van der Waals surface area contributed by atoms with Crippen LogP contribution in [-0.4, -0.2) is 5.91 Å². The van der Waals surface area contributed by atoms with Gasteiger partial charge in [-0.15, -0.1) is 0 Å². The summed E-state index contributed by atoms with van der Waals surface area (Å²) in [7, 11) is 0. The number of amides is 1. The topological polar surface area (TPSA) is 51.5 Å². The van der Waals surface area contributed by atoms with E-state index in [0.717, 1.165) is 16.7 Å². The van der Waals surface area contributed by atoms with Gasteiger partial charge in [0.1, 0.15) is 23.3 Å². The number of hydrogen-bond acceptors (Lipinski definition) is 3. The van der Waals surface area contributed by atoms with Crippen molar-refractivity contribution in [2.24, 2.45) is 0 Å². The predicted octanol–water partition coefficient (Wildman–Crippen LogP) is 5.42. The van der Waals surface area contributed by atoms with Crippen molar-refractivity contribution in [2.45, 2.75) is 12.0 Å². The third kappa shape index (κ3) is 3.19. The molecule has 1 atom stereocenters. The molecule has 0 aliphatic carbocycles. The minimum atomic E-state index is -0.461. The lowest BCUT2D eigenvalue weighted by molar-refractivity contribution is -0.122. The maximum atomic E-state index is 13.6. The van der Waals surface area contributed by atoms with E-state index < -0.39 is 5.92 Å². The zero-order chi connectivity index (χ0) is 19.6. The lowest BCUT2D eigenvalue weighted by Crippen LogP contribution is -2.35. The second-order valence-electron chi connectivity index (χ2n) is 6.98. The molecule has 0 fully saturated rings. The molecule has 3 aromatic carbocycles. The van der Waals surface area contributed by atoms with Crippen molar-refractivity contribution >= 4 is 5.91 Å². The summed E-state index contributed by atoms with van der Waals surface area (Å²) in [6, 6.07) is 28.5. The van der Waals surface area contributed by atoms with Gasteiger partial charge in [0.15, 0.2) is 0 Å². The maximum absolute atomic E-state index is 13.6. The van der Waals surface area contributed by atoms with E-state index in [1.165, 1.54) is 0 Å². The first-order valence-corrected chi connectivity index (χ1v) is 9.55. The minimum Gasteiger partial charge on any atom is -0.467 e. The van der Waals surface area contributed by atoms with Crippen LogP contribution in [0.4, 0.5) is 0 Å². The molecule has 4 aromatic rings.